The second-order valence-corrected chi connectivity index (χ2v) is 11.7. The summed E-state index contributed by atoms with van der Waals surface area (Å²) in [6.07, 6.45) is 4.96. The highest BCUT2D eigenvalue weighted by atomic mass is 35.5. The first-order valence-corrected chi connectivity index (χ1v) is 13.2. The zero-order valence-corrected chi connectivity index (χ0v) is 20.2. The Morgan fingerprint density at radius 1 is 1.32 bits per heavy atom. The van der Waals surface area contributed by atoms with Crippen molar-refractivity contribution in [3.8, 4) is 0 Å². The summed E-state index contributed by atoms with van der Waals surface area (Å²) in [6.45, 7) is 6.40. The lowest BCUT2D eigenvalue weighted by molar-refractivity contribution is 0.0960. The van der Waals surface area contributed by atoms with Gasteiger partial charge in [0.05, 0.1) is 15.0 Å². The molecule has 0 atom stereocenters. The minimum absolute atomic E-state index is 0.0467. The highest BCUT2D eigenvalue weighted by molar-refractivity contribution is 7.89. The van der Waals surface area contributed by atoms with Crippen LogP contribution in [0.3, 0.4) is 0 Å². The number of likely N-dealkylation sites (tertiary alicyclic amines) is 1. The van der Waals surface area contributed by atoms with Crippen LogP contribution in [0.4, 0.5) is 0 Å². The number of pyridine rings is 1. The van der Waals surface area contributed by atoms with E-state index < -0.39 is 10.0 Å². The second-order valence-electron chi connectivity index (χ2n) is 7.94. The molecule has 170 valence electrons. The van der Waals surface area contributed by atoms with Gasteiger partial charge >= 0.3 is 0 Å². The molecule has 2 aromatic heterocycles. The van der Waals surface area contributed by atoms with Crippen LogP contribution in [0, 0.1) is 0 Å². The van der Waals surface area contributed by atoms with Gasteiger partial charge in [-0.15, -0.1) is 11.3 Å². The van der Waals surface area contributed by atoms with Crippen molar-refractivity contribution in [1.29, 1.82) is 0 Å². The summed E-state index contributed by atoms with van der Waals surface area (Å²) < 4.78 is 28.7. The van der Waals surface area contributed by atoms with Gasteiger partial charge in [-0.1, -0.05) is 17.7 Å². The Labute approximate surface area is 193 Å². The van der Waals surface area contributed by atoms with Crippen molar-refractivity contribution >= 4 is 38.9 Å². The molecule has 0 saturated carbocycles. The van der Waals surface area contributed by atoms with Crippen molar-refractivity contribution in [3.05, 3.63) is 51.4 Å². The van der Waals surface area contributed by atoms with Crippen molar-refractivity contribution < 1.29 is 13.2 Å². The minimum Gasteiger partial charge on any atom is -0.350 e. The number of carbonyl (C=O) groups excluding carboxylic acids is 1. The number of thiophene rings is 1. The number of hydrogen-bond acceptors (Lipinski definition) is 6. The van der Waals surface area contributed by atoms with Gasteiger partial charge in [-0.3, -0.25) is 9.78 Å². The van der Waals surface area contributed by atoms with E-state index in [-0.39, 0.29) is 30.8 Å². The molecule has 2 aromatic rings. The lowest BCUT2D eigenvalue weighted by atomic mass is 10.0. The normalized spacial score (nSPS) is 16.2. The van der Waals surface area contributed by atoms with Gasteiger partial charge in [-0.25, -0.2) is 8.42 Å². The molecular formula is C21H29ClN4O3S2. The van der Waals surface area contributed by atoms with Crippen molar-refractivity contribution in [2.45, 2.75) is 45.3 Å². The predicted molar refractivity (Wildman–Crippen MR) is 125 cm³/mol. The Morgan fingerprint density at radius 3 is 2.65 bits per heavy atom. The van der Waals surface area contributed by atoms with Crippen molar-refractivity contribution in [1.82, 2.24) is 19.5 Å². The van der Waals surface area contributed by atoms with E-state index in [1.54, 1.807) is 28.8 Å². The number of halogens is 1. The molecule has 1 fully saturated rings. The van der Waals surface area contributed by atoms with Crippen LogP contribution in [0.1, 0.15) is 41.9 Å². The van der Waals surface area contributed by atoms with Gasteiger partial charge in [-0.05, 0) is 63.5 Å². The highest BCUT2D eigenvalue weighted by Gasteiger charge is 2.33. The fourth-order valence-electron chi connectivity index (χ4n) is 3.75. The molecule has 1 saturated heterocycles. The van der Waals surface area contributed by atoms with Gasteiger partial charge in [-0.2, -0.15) is 4.31 Å². The maximum absolute atomic E-state index is 13.3. The SMILES string of the molecule is CC(C)N1CCC(N(Cc2cccnc2)S(=O)(=O)CCNC(=O)c2ccc(Cl)s2)CC1. The number of aromatic nitrogens is 1. The van der Waals surface area contributed by atoms with Gasteiger partial charge in [0.2, 0.25) is 10.0 Å². The Bertz CT molecular complexity index is 958. The molecule has 3 heterocycles. The molecule has 3 rings (SSSR count). The van der Waals surface area contributed by atoms with Gasteiger partial charge < -0.3 is 10.2 Å². The van der Waals surface area contributed by atoms with Crippen LogP contribution in [0.15, 0.2) is 36.7 Å². The molecule has 0 radical (unpaired) electrons. The standard InChI is InChI=1S/C21H29ClN4O3S2/c1-16(2)25-11-7-18(8-12-25)26(15-17-4-3-9-23-14-17)31(28,29)13-10-24-21(27)19-5-6-20(22)30-19/h3-6,9,14,16,18H,7-8,10-13,15H2,1-2H3,(H,24,27). The summed E-state index contributed by atoms with van der Waals surface area (Å²) in [7, 11) is -3.58. The lowest BCUT2D eigenvalue weighted by Crippen LogP contribution is -2.49. The van der Waals surface area contributed by atoms with Crippen molar-refractivity contribution in [2.24, 2.45) is 0 Å². The van der Waals surface area contributed by atoms with E-state index in [0.717, 1.165) is 31.5 Å². The van der Waals surface area contributed by atoms with Crippen LogP contribution < -0.4 is 5.32 Å². The van der Waals surface area contributed by atoms with Gasteiger partial charge in [0.15, 0.2) is 0 Å². The van der Waals surface area contributed by atoms with E-state index in [2.05, 4.69) is 29.0 Å². The molecule has 0 aromatic carbocycles. The fraction of sp³-hybridized carbons (Fsp3) is 0.524. The highest BCUT2D eigenvalue weighted by Crippen LogP contribution is 2.24. The number of sulfonamides is 1. The molecule has 0 bridgehead atoms. The average molecular weight is 485 g/mol. The van der Waals surface area contributed by atoms with E-state index in [9.17, 15) is 13.2 Å². The van der Waals surface area contributed by atoms with E-state index in [1.165, 1.54) is 11.3 Å². The third kappa shape index (κ3) is 6.73. The molecule has 1 amide bonds. The van der Waals surface area contributed by atoms with E-state index in [1.807, 2.05) is 12.1 Å². The molecule has 1 N–H and O–H groups in total. The predicted octanol–water partition coefficient (Wildman–Crippen LogP) is 3.23. The van der Waals surface area contributed by atoms with Crippen LogP contribution in [-0.2, 0) is 16.6 Å². The number of carbonyl (C=O) groups is 1. The second kappa shape index (κ2) is 10.9. The Morgan fingerprint density at radius 2 is 2.06 bits per heavy atom. The van der Waals surface area contributed by atoms with Crippen LogP contribution >= 0.6 is 22.9 Å². The Kier molecular flexibility index (Phi) is 8.46. The number of hydrogen-bond donors (Lipinski definition) is 1. The maximum atomic E-state index is 13.3. The first-order chi connectivity index (χ1) is 14.8. The van der Waals surface area contributed by atoms with Crippen LogP contribution in [0.5, 0.6) is 0 Å². The average Bonchev–Trinajstić information content (AvgIpc) is 3.19. The smallest absolute Gasteiger partial charge is 0.261 e. The fourth-order valence-corrected chi connectivity index (χ4v) is 6.32. The molecule has 0 spiro atoms. The van der Waals surface area contributed by atoms with Crippen LogP contribution in [0.2, 0.25) is 4.34 Å². The summed E-state index contributed by atoms with van der Waals surface area (Å²) in [4.78, 5) is 19.2. The number of rotatable bonds is 9. The number of nitrogens with one attached hydrogen (secondary N) is 1. The van der Waals surface area contributed by atoms with Crippen molar-refractivity contribution in [2.75, 3.05) is 25.4 Å². The zero-order valence-electron chi connectivity index (χ0n) is 17.8. The van der Waals surface area contributed by atoms with Crippen LogP contribution in [-0.4, -0.2) is 66.0 Å². The monoisotopic (exact) mass is 484 g/mol. The van der Waals surface area contributed by atoms with Crippen LogP contribution in [0.25, 0.3) is 0 Å². The number of amides is 1. The van der Waals surface area contributed by atoms with E-state index in [4.69, 9.17) is 11.6 Å². The first-order valence-electron chi connectivity index (χ1n) is 10.4. The lowest BCUT2D eigenvalue weighted by Gasteiger charge is -2.39. The quantitative estimate of drug-likeness (QED) is 0.590. The zero-order chi connectivity index (χ0) is 22.4. The molecule has 31 heavy (non-hydrogen) atoms. The largest absolute Gasteiger partial charge is 0.350 e. The topological polar surface area (TPSA) is 82.6 Å². The maximum Gasteiger partial charge on any atom is 0.261 e. The molecule has 7 nitrogen and oxygen atoms in total. The van der Waals surface area contributed by atoms with Gasteiger partial charge in [0, 0.05) is 37.6 Å². The molecule has 10 heteroatoms. The third-order valence-electron chi connectivity index (χ3n) is 5.50. The Hall–Kier alpha value is -1.52. The van der Waals surface area contributed by atoms with E-state index >= 15 is 0 Å². The van der Waals surface area contributed by atoms with Crippen molar-refractivity contribution in [3.63, 3.8) is 0 Å². The summed E-state index contributed by atoms with van der Waals surface area (Å²) in [5, 5.41) is 2.70. The number of piperidine rings is 1. The molecular weight excluding hydrogens is 456 g/mol. The Balaban J connectivity index is 1.67. The summed E-state index contributed by atoms with van der Waals surface area (Å²) >= 11 is 7.04. The molecule has 0 aliphatic carbocycles. The molecule has 0 unspecified atom stereocenters. The summed E-state index contributed by atoms with van der Waals surface area (Å²) in [6, 6.07) is 7.37. The van der Waals surface area contributed by atoms with Gasteiger partial charge in [0.25, 0.3) is 5.91 Å². The minimum atomic E-state index is -3.58. The van der Waals surface area contributed by atoms with Gasteiger partial charge in [0.1, 0.15) is 0 Å². The summed E-state index contributed by atoms with van der Waals surface area (Å²) in [5.41, 5.74) is 0.856. The van der Waals surface area contributed by atoms with E-state index in [0.29, 0.717) is 15.3 Å². The first kappa shape index (κ1) is 24.1. The summed E-state index contributed by atoms with van der Waals surface area (Å²) in [5.74, 6) is -0.459. The third-order valence-corrected chi connectivity index (χ3v) is 8.59. The molecule has 1 aliphatic heterocycles. The number of nitrogens with zero attached hydrogens (tertiary/aromatic N) is 3. The molecule has 1 aliphatic rings.